The molecule has 0 spiro atoms. The third-order valence-electron chi connectivity index (χ3n) is 3.38. The zero-order chi connectivity index (χ0) is 12.8. The standard InChI is InChI=1S/C16H21NO/c1-3-5-6-11-18-14-8-9-15-13(12-14)7-10-16(15)17-4-2/h1,8-9,12,16-17H,4-7,10-11H2,2H3. The molecule has 0 saturated heterocycles. The fraction of sp³-hybridized carbons (Fsp3) is 0.500. The van der Waals surface area contributed by atoms with Crippen LogP contribution in [0, 0.1) is 12.3 Å². The molecule has 1 atom stereocenters. The minimum Gasteiger partial charge on any atom is -0.494 e. The molecule has 96 valence electrons. The average Bonchev–Trinajstić information content (AvgIpc) is 2.78. The maximum atomic E-state index is 5.71. The first-order chi connectivity index (χ1) is 8.85. The van der Waals surface area contributed by atoms with Crippen LogP contribution in [0.25, 0.3) is 0 Å². The maximum Gasteiger partial charge on any atom is 0.119 e. The fourth-order valence-electron chi connectivity index (χ4n) is 2.51. The first kappa shape index (κ1) is 13.0. The van der Waals surface area contributed by atoms with Crippen LogP contribution in [-0.2, 0) is 6.42 Å². The Morgan fingerprint density at radius 2 is 2.39 bits per heavy atom. The highest BCUT2D eigenvalue weighted by atomic mass is 16.5. The molecule has 0 heterocycles. The van der Waals surface area contributed by atoms with E-state index in [9.17, 15) is 0 Å². The van der Waals surface area contributed by atoms with Crippen LogP contribution in [-0.4, -0.2) is 13.2 Å². The van der Waals surface area contributed by atoms with E-state index < -0.39 is 0 Å². The summed E-state index contributed by atoms with van der Waals surface area (Å²) in [5.74, 6) is 3.60. The number of unbranched alkanes of at least 4 members (excludes halogenated alkanes) is 1. The zero-order valence-corrected chi connectivity index (χ0v) is 11.0. The molecule has 0 aliphatic heterocycles. The summed E-state index contributed by atoms with van der Waals surface area (Å²) in [5, 5.41) is 3.52. The molecule has 2 heteroatoms. The molecule has 1 unspecified atom stereocenters. The summed E-state index contributed by atoms with van der Waals surface area (Å²) < 4.78 is 5.71. The van der Waals surface area contributed by atoms with Crippen molar-refractivity contribution in [1.29, 1.82) is 0 Å². The monoisotopic (exact) mass is 243 g/mol. The van der Waals surface area contributed by atoms with E-state index in [1.165, 1.54) is 17.5 Å². The molecule has 1 aromatic rings. The summed E-state index contributed by atoms with van der Waals surface area (Å²) in [6.45, 7) is 3.88. The van der Waals surface area contributed by atoms with Gasteiger partial charge in [0.2, 0.25) is 0 Å². The van der Waals surface area contributed by atoms with Crippen LogP contribution >= 0.6 is 0 Å². The van der Waals surface area contributed by atoms with E-state index in [1.807, 2.05) is 0 Å². The van der Waals surface area contributed by atoms with Gasteiger partial charge in [-0.1, -0.05) is 13.0 Å². The van der Waals surface area contributed by atoms with Gasteiger partial charge in [0.1, 0.15) is 5.75 Å². The van der Waals surface area contributed by atoms with Crippen LogP contribution in [0.1, 0.15) is 43.4 Å². The molecule has 0 bridgehead atoms. The van der Waals surface area contributed by atoms with Crippen molar-refractivity contribution in [3.63, 3.8) is 0 Å². The molecule has 0 fully saturated rings. The Morgan fingerprint density at radius 1 is 1.50 bits per heavy atom. The van der Waals surface area contributed by atoms with Crippen molar-refractivity contribution in [2.24, 2.45) is 0 Å². The molecule has 0 aromatic heterocycles. The minimum absolute atomic E-state index is 0.528. The molecule has 1 aliphatic carbocycles. The molecule has 1 N–H and O–H groups in total. The van der Waals surface area contributed by atoms with Gasteiger partial charge in [0, 0.05) is 12.5 Å². The minimum atomic E-state index is 0.528. The lowest BCUT2D eigenvalue weighted by Crippen LogP contribution is -2.18. The van der Waals surface area contributed by atoms with E-state index in [0.29, 0.717) is 12.6 Å². The SMILES string of the molecule is C#CCCCOc1ccc2c(c1)CCC2NCC. The zero-order valence-electron chi connectivity index (χ0n) is 11.0. The van der Waals surface area contributed by atoms with Crippen molar-refractivity contribution in [2.45, 2.75) is 38.6 Å². The van der Waals surface area contributed by atoms with Gasteiger partial charge in [-0.3, -0.25) is 0 Å². The molecule has 1 aromatic carbocycles. The van der Waals surface area contributed by atoms with Crippen molar-refractivity contribution in [3.05, 3.63) is 29.3 Å². The Labute approximate surface area is 110 Å². The second-order valence-corrected chi connectivity index (χ2v) is 4.67. The lowest BCUT2D eigenvalue weighted by atomic mass is 10.1. The van der Waals surface area contributed by atoms with Crippen LogP contribution in [0.15, 0.2) is 18.2 Å². The van der Waals surface area contributed by atoms with Crippen molar-refractivity contribution < 1.29 is 4.74 Å². The molecule has 18 heavy (non-hydrogen) atoms. The van der Waals surface area contributed by atoms with Gasteiger partial charge in [-0.25, -0.2) is 0 Å². The summed E-state index contributed by atoms with van der Waals surface area (Å²) in [5.41, 5.74) is 2.86. The van der Waals surface area contributed by atoms with Gasteiger partial charge in [-0.15, -0.1) is 12.3 Å². The van der Waals surface area contributed by atoms with Crippen LogP contribution in [0.5, 0.6) is 5.75 Å². The number of ether oxygens (including phenoxy) is 1. The Bertz CT molecular complexity index is 433. The van der Waals surface area contributed by atoms with Gasteiger partial charge in [-0.2, -0.15) is 0 Å². The Kier molecular flexibility index (Phi) is 4.66. The number of hydrogen-bond acceptors (Lipinski definition) is 2. The van der Waals surface area contributed by atoms with Crippen LogP contribution in [0.4, 0.5) is 0 Å². The third-order valence-corrected chi connectivity index (χ3v) is 3.38. The van der Waals surface area contributed by atoms with Gasteiger partial charge in [0.15, 0.2) is 0 Å². The Morgan fingerprint density at radius 3 is 3.17 bits per heavy atom. The summed E-state index contributed by atoms with van der Waals surface area (Å²) in [6.07, 6.45) is 9.27. The molecule has 0 amide bonds. The summed E-state index contributed by atoms with van der Waals surface area (Å²) in [4.78, 5) is 0. The molecule has 0 radical (unpaired) electrons. The van der Waals surface area contributed by atoms with Crippen molar-refractivity contribution in [1.82, 2.24) is 5.32 Å². The van der Waals surface area contributed by atoms with Gasteiger partial charge in [0.25, 0.3) is 0 Å². The number of terminal acetylenes is 1. The Balaban J connectivity index is 1.95. The van der Waals surface area contributed by atoms with Gasteiger partial charge in [-0.05, 0) is 49.1 Å². The van der Waals surface area contributed by atoms with E-state index in [0.717, 1.165) is 31.6 Å². The molecule has 2 rings (SSSR count). The number of aryl methyl sites for hydroxylation is 1. The number of benzene rings is 1. The first-order valence-electron chi connectivity index (χ1n) is 6.77. The second kappa shape index (κ2) is 6.47. The van der Waals surface area contributed by atoms with Crippen LogP contribution < -0.4 is 10.1 Å². The molecule has 2 nitrogen and oxygen atoms in total. The second-order valence-electron chi connectivity index (χ2n) is 4.67. The highest BCUT2D eigenvalue weighted by Crippen LogP contribution is 2.33. The summed E-state index contributed by atoms with van der Waals surface area (Å²) >= 11 is 0. The van der Waals surface area contributed by atoms with Crippen molar-refractivity contribution >= 4 is 0 Å². The highest BCUT2D eigenvalue weighted by Gasteiger charge is 2.21. The van der Waals surface area contributed by atoms with E-state index >= 15 is 0 Å². The van der Waals surface area contributed by atoms with E-state index in [1.54, 1.807) is 0 Å². The highest BCUT2D eigenvalue weighted by molar-refractivity contribution is 5.40. The smallest absolute Gasteiger partial charge is 0.119 e. The number of hydrogen-bond donors (Lipinski definition) is 1. The first-order valence-corrected chi connectivity index (χ1v) is 6.77. The topological polar surface area (TPSA) is 21.3 Å². The van der Waals surface area contributed by atoms with Crippen LogP contribution in [0.3, 0.4) is 0 Å². The van der Waals surface area contributed by atoms with Gasteiger partial charge in [0.05, 0.1) is 6.61 Å². The maximum absolute atomic E-state index is 5.71. The predicted octanol–water partition coefficient (Wildman–Crippen LogP) is 3.08. The van der Waals surface area contributed by atoms with Gasteiger partial charge < -0.3 is 10.1 Å². The van der Waals surface area contributed by atoms with Crippen LogP contribution in [0.2, 0.25) is 0 Å². The third kappa shape index (κ3) is 3.05. The van der Waals surface area contributed by atoms with Crippen molar-refractivity contribution in [3.8, 4) is 18.1 Å². The number of nitrogens with one attached hydrogen (secondary N) is 1. The lowest BCUT2D eigenvalue weighted by molar-refractivity contribution is 0.312. The predicted molar refractivity (Wildman–Crippen MR) is 74.7 cm³/mol. The lowest BCUT2D eigenvalue weighted by Gasteiger charge is -2.13. The number of rotatable bonds is 6. The molecular weight excluding hydrogens is 222 g/mol. The van der Waals surface area contributed by atoms with Gasteiger partial charge >= 0.3 is 0 Å². The summed E-state index contributed by atoms with van der Waals surface area (Å²) in [7, 11) is 0. The molecular formula is C16H21NO. The largest absolute Gasteiger partial charge is 0.494 e. The average molecular weight is 243 g/mol. The van der Waals surface area contributed by atoms with E-state index in [4.69, 9.17) is 11.2 Å². The molecule has 1 aliphatic rings. The summed E-state index contributed by atoms with van der Waals surface area (Å²) in [6, 6.07) is 6.99. The quantitative estimate of drug-likeness (QED) is 0.612. The molecule has 0 saturated carbocycles. The Hall–Kier alpha value is -1.46. The fourth-order valence-corrected chi connectivity index (χ4v) is 2.51. The van der Waals surface area contributed by atoms with E-state index in [2.05, 4.69) is 36.4 Å². The van der Waals surface area contributed by atoms with Crippen molar-refractivity contribution in [2.75, 3.05) is 13.2 Å². The van der Waals surface area contributed by atoms with E-state index in [-0.39, 0.29) is 0 Å². The number of fused-ring (bicyclic) bond motifs is 1. The normalized spacial score (nSPS) is 17.2.